The summed E-state index contributed by atoms with van der Waals surface area (Å²) in [5.74, 6) is 0.742. The maximum atomic E-state index is 2.63. The lowest BCUT2D eigenvalue weighted by Gasteiger charge is -2.40. The third-order valence-electron chi connectivity index (χ3n) is 9.13. The van der Waals surface area contributed by atoms with Crippen LogP contribution in [0, 0.1) is 12.3 Å². The Morgan fingerprint density at radius 1 is 0.909 bits per heavy atom. The molecule has 0 unspecified atom stereocenters. The van der Waals surface area contributed by atoms with Crippen molar-refractivity contribution in [2.75, 3.05) is 0 Å². The van der Waals surface area contributed by atoms with Crippen LogP contribution < -0.4 is 9.75 Å². The first kappa shape index (κ1) is 22.8. The molecule has 0 N–H and O–H groups in total. The molecule has 5 rings (SSSR count). The molecule has 2 heteroatoms. The van der Waals surface area contributed by atoms with Crippen molar-refractivity contribution in [3.63, 3.8) is 0 Å². The molecule has 33 heavy (non-hydrogen) atoms. The molecule has 1 aliphatic carbocycles. The smallest absolute Gasteiger partial charge is 0.200 e. The molecule has 0 bridgehead atoms. The minimum Gasteiger partial charge on any atom is -0.200 e. The second-order valence-corrected chi connectivity index (χ2v) is 16.9. The third kappa shape index (κ3) is 4.44. The van der Waals surface area contributed by atoms with Crippen LogP contribution in [0.15, 0.2) is 48.7 Å². The van der Waals surface area contributed by atoms with E-state index in [0.717, 1.165) is 5.92 Å². The first-order chi connectivity index (χ1) is 15.8. The zero-order chi connectivity index (χ0) is 23.2. The fourth-order valence-corrected chi connectivity index (χ4v) is 10.7. The van der Waals surface area contributed by atoms with E-state index in [-0.39, 0.29) is 0 Å². The van der Waals surface area contributed by atoms with Crippen LogP contribution in [0.2, 0.25) is 18.6 Å². The molecule has 0 radical (unpaired) electrons. The largest absolute Gasteiger partial charge is 0.220 e. The Balaban J connectivity index is 1.56. The number of fused-ring (bicyclic) bond motifs is 1. The predicted molar refractivity (Wildman–Crippen MR) is 145 cm³/mol. The molecule has 3 aromatic rings. The molecule has 2 fully saturated rings. The summed E-state index contributed by atoms with van der Waals surface area (Å²) in [7, 11) is 0.839. The lowest BCUT2D eigenvalue weighted by Crippen LogP contribution is -2.48. The van der Waals surface area contributed by atoms with E-state index in [1.54, 1.807) is 10.8 Å². The third-order valence-corrected chi connectivity index (χ3v) is 13.5. The van der Waals surface area contributed by atoms with Crippen molar-refractivity contribution in [2.24, 2.45) is 12.5 Å². The van der Waals surface area contributed by atoms with E-state index in [4.69, 9.17) is 0 Å². The average Bonchev–Trinajstić information content (AvgIpc) is 2.82. The van der Waals surface area contributed by atoms with Crippen LogP contribution in [0.4, 0.5) is 0 Å². The molecule has 1 nitrogen and oxygen atoms in total. The van der Waals surface area contributed by atoms with Crippen molar-refractivity contribution in [1.29, 1.82) is 0 Å². The van der Waals surface area contributed by atoms with Crippen molar-refractivity contribution >= 4 is 24.0 Å². The van der Waals surface area contributed by atoms with Gasteiger partial charge in [0.15, 0.2) is 6.20 Å². The van der Waals surface area contributed by atoms with Crippen LogP contribution in [0.1, 0.15) is 75.8 Å². The summed E-state index contributed by atoms with van der Waals surface area (Å²) in [6, 6.07) is 20.0. The molecular weight excluding hydrogens is 414 g/mol. The van der Waals surface area contributed by atoms with Gasteiger partial charge in [0.25, 0.3) is 0 Å². The Morgan fingerprint density at radius 2 is 1.64 bits per heavy atom. The Hall–Kier alpha value is -1.93. The van der Waals surface area contributed by atoms with Crippen LogP contribution in [-0.2, 0) is 7.05 Å². The van der Waals surface area contributed by atoms with Crippen molar-refractivity contribution in [2.45, 2.75) is 90.3 Å². The Labute approximate surface area is 202 Å². The van der Waals surface area contributed by atoms with E-state index in [1.165, 1.54) is 84.6 Å². The fraction of sp³-hybridized carbons (Fsp3) is 0.516. The van der Waals surface area contributed by atoms with Gasteiger partial charge in [-0.1, -0.05) is 94.0 Å². The predicted octanol–water partition coefficient (Wildman–Crippen LogP) is 7.79. The highest BCUT2D eigenvalue weighted by Gasteiger charge is 2.38. The molecule has 1 aliphatic heterocycles. The quantitative estimate of drug-likeness (QED) is 0.280. The summed E-state index contributed by atoms with van der Waals surface area (Å²) in [6.07, 6.45) is 11.9. The number of rotatable bonds is 3. The van der Waals surface area contributed by atoms with Crippen molar-refractivity contribution in [1.82, 2.24) is 0 Å². The molecule has 1 saturated carbocycles. The number of benzene rings is 2. The number of nitrogens with zero attached hydrogens (tertiary/aromatic N) is 1. The summed E-state index contributed by atoms with van der Waals surface area (Å²) in [4.78, 5) is 0. The summed E-state index contributed by atoms with van der Waals surface area (Å²) >= 11 is 0. The summed E-state index contributed by atoms with van der Waals surface area (Å²) in [5, 5.41) is 4.49. The molecule has 2 aromatic carbocycles. The van der Waals surface area contributed by atoms with Crippen molar-refractivity contribution in [3.8, 4) is 11.3 Å². The van der Waals surface area contributed by atoms with Crippen LogP contribution in [0.5, 0.6) is 0 Å². The van der Waals surface area contributed by atoms with Gasteiger partial charge in [0.1, 0.15) is 7.05 Å². The molecular formula is C31H42NSi+. The highest BCUT2D eigenvalue weighted by molar-refractivity contribution is 6.91. The second-order valence-electron chi connectivity index (χ2n) is 12.2. The van der Waals surface area contributed by atoms with E-state index in [1.807, 2.05) is 0 Å². The Kier molecular flexibility index (Phi) is 6.01. The van der Waals surface area contributed by atoms with Gasteiger partial charge in [0.2, 0.25) is 5.69 Å². The molecule has 1 aromatic heterocycles. The van der Waals surface area contributed by atoms with Gasteiger partial charge >= 0.3 is 0 Å². The highest BCUT2D eigenvalue weighted by Crippen LogP contribution is 2.41. The zero-order valence-electron chi connectivity index (χ0n) is 21.5. The minimum absolute atomic E-state index is 0.533. The van der Waals surface area contributed by atoms with Gasteiger partial charge < -0.3 is 0 Å². The summed E-state index contributed by atoms with van der Waals surface area (Å²) < 4.78 is 2.34. The number of hydrogen-bond donors (Lipinski definition) is 0. The molecule has 0 spiro atoms. The number of pyridine rings is 1. The van der Waals surface area contributed by atoms with Crippen molar-refractivity contribution < 1.29 is 4.57 Å². The zero-order valence-corrected chi connectivity index (χ0v) is 22.5. The van der Waals surface area contributed by atoms with Crippen LogP contribution in [0.3, 0.4) is 0 Å². The van der Waals surface area contributed by atoms with Gasteiger partial charge in [-0.25, -0.2) is 4.57 Å². The monoisotopic (exact) mass is 456 g/mol. The van der Waals surface area contributed by atoms with E-state index < -0.39 is 8.07 Å². The molecule has 174 valence electrons. The normalized spacial score (nSPS) is 20.8. The summed E-state index contributed by atoms with van der Waals surface area (Å²) in [6.45, 7) is 9.82. The molecule has 0 atom stereocenters. The van der Waals surface area contributed by atoms with Gasteiger partial charge in [-0.15, -0.1) is 0 Å². The molecule has 2 aliphatic rings. The van der Waals surface area contributed by atoms with E-state index in [0.29, 0.717) is 5.41 Å². The van der Waals surface area contributed by atoms with Gasteiger partial charge in [0.05, 0.1) is 13.5 Å². The summed E-state index contributed by atoms with van der Waals surface area (Å²) in [5.41, 5.74) is 6.27. The van der Waals surface area contributed by atoms with E-state index in [9.17, 15) is 0 Å². The standard InChI is InChI=1S/C31H42NSi/c1-23-11-12-25(24-9-7-6-8-10-24)22-29(23)30-28-14-13-27(21-26(28)15-18-32(30)4)33(5)19-16-31(2,3)17-20-33/h11-15,18,21-22,24H,6-10,16-17,19-20H2,1-5H3/q+1. The number of aryl methyl sites for hydroxylation is 2. The van der Waals surface area contributed by atoms with Gasteiger partial charge in [0, 0.05) is 11.6 Å². The Morgan fingerprint density at radius 3 is 2.36 bits per heavy atom. The molecule has 0 amide bonds. The topological polar surface area (TPSA) is 3.88 Å². The SMILES string of the molecule is Cc1ccc(C2CCCCC2)cc1-c1c2ccc([Si]3(C)CCC(C)(C)CC3)cc2cc[n+]1C. The number of aromatic nitrogens is 1. The Bertz CT molecular complexity index is 1160. The van der Waals surface area contributed by atoms with Gasteiger partial charge in [-0.2, -0.15) is 0 Å². The van der Waals surface area contributed by atoms with E-state index >= 15 is 0 Å². The highest BCUT2D eigenvalue weighted by atomic mass is 28.3. The molecule has 1 saturated heterocycles. The van der Waals surface area contributed by atoms with Gasteiger partial charge in [-0.05, 0) is 59.7 Å². The average molecular weight is 457 g/mol. The number of hydrogen-bond acceptors (Lipinski definition) is 0. The lowest BCUT2D eigenvalue weighted by molar-refractivity contribution is -0.659. The van der Waals surface area contributed by atoms with Gasteiger partial charge in [-0.3, -0.25) is 0 Å². The van der Waals surface area contributed by atoms with Crippen LogP contribution in [0.25, 0.3) is 22.0 Å². The molecule has 2 heterocycles. The fourth-order valence-electron chi connectivity index (χ4n) is 6.44. The minimum atomic E-state index is -1.38. The lowest BCUT2D eigenvalue weighted by atomic mass is 9.82. The van der Waals surface area contributed by atoms with Crippen LogP contribution >= 0.6 is 0 Å². The maximum absolute atomic E-state index is 2.63. The van der Waals surface area contributed by atoms with E-state index in [2.05, 4.69) is 87.6 Å². The first-order valence-corrected chi connectivity index (χ1v) is 16.2. The van der Waals surface area contributed by atoms with Crippen LogP contribution in [-0.4, -0.2) is 8.07 Å². The van der Waals surface area contributed by atoms with Crippen molar-refractivity contribution in [3.05, 3.63) is 59.8 Å². The first-order valence-electron chi connectivity index (χ1n) is 13.3. The maximum Gasteiger partial charge on any atom is 0.220 e. The second kappa shape index (κ2) is 8.69.